The van der Waals surface area contributed by atoms with Crippen molar-refractivity contribution in [2.45, 2.75) is 32.4 Å². The number of carbonyl (C=O) groups excluding carboxylic acids is 1. The summed E-state index contributed by atoms with van der Waals surface area (Å²) in [4.78, 5) is 29.1. The van der Waals surface area contributed by atoms with Gasteiger partial charge in [-0.15, -0.1) is 5.10 Å². The zero-order chi connectivity index (χ0) is 20.2. The average molecular weight is 391 g/mol. The van der Waals surface area contributed by atoms with Crippen LogP contribution in [0.25, 0.3) is 10.9 Å². The van der Waals surface area contributed by atoms with Crippen molar-refractivity contribution in [2.24, 2.45) is 0 Å². The molecule has 0 unspecified atom stereocenters. The summed E-state index contributed by atoms with van der Waals surface area (Å²) in [5.74, 6) is -0.184. The Kier molecular flexibility index (Phi) is 5.55. The molecule has 150 valence electrons. The number of benzene rings is 2. The van der Waals surface area contributed by atoms with Gasteiger partial charge in [0.25, 0.3) is 5.56 Å². The van der Waals surface area contributed by atoms with Gasteiger partial charge in [0.2, 0.25) is 5.91 Å². The first-order chi connectivity index (χ1) is 14.1. The molecule has 0 bridgehead atoms. The second-order valence-electron chi connectivity index (χ2n) is 7.53. The van der Waals surface area contributed by atoms with Crippen LogP contribution in [0, 0.1) is 0 Å². The van der Waals surface area contributed by atoms with Gasteiger partial charge in [-0.25, -0.2) is 4.68 Å². The molecule has 2 heterocycles. The quantitative estimate of drug-likeness (QED) is 0.668. The van der Waals surface area contributed by atoms with E-state index in [0.29, 0.717) is 17.4 Å². The molecule has 1 aromatic heterocycles. The van der Waals surface area contributed by atoms with Gasteiger partial charge in [-0.2, -0.15) is 0 Å². The fourth-order valence-corrected chi connectivity index (χ4v) is 3.70. The van der Waals surface area contributed by atoms with Gasteiger partial charge in [-0.3, -0.25) is 9.59 Å². The van der Waals surface area contributed by atoms with Crippen LogP contribution in [0.5, 0.6) is 0 Å². The van der Waals surface area contributed by atoms with Gasteiger partial charge in [0.15, 0.2) is 0 Å². The maximum absolute atomic E-state index is 12.6. The van der Waals surface area contributed by atoms with Crippen LogP contribution in [0.4, 0.5) is 5.69 Å². The van der Waals surface area contributed by atoms with Gasteiger partial charge in [0.05, 0.1) is 5.39 Å². The molecule has 0 spiro atoms. The SMILES string of the molecule is CN(Cc1ccc(N2CCCCC2)cc1)C(=O)Cn1nnc2ccccc2c1=O. The highest BCUT2D eigenvalue weighted by Crippen LogP contribution is 2.20. The lowest BCUT2D eigenvalue weighted by Gasteiger charge is -2.29. The molecule has 1 aliphatic rings. The van der Waals surface area contributed by atoms with Gasteiger partial charge in [-0.1, -0.05) is 29.5 Å². The highest BCUT2D eigenvalue weighted by Gasteiger charge is 2.15. The number of nitrogens with zero attached hydrogens (tertiary/aromatic N) is 5. The average Bonchev–Trinajstić information content (AvgIpc) is 2.77. The molecule has 0 aliphatic carbocycles. The Morgan fingerprint density at radius 2 is 1.76 bits per heavy atom. The first-order valence-electron chi connectivity index (χ1n) is 10.0. The molecule has 1 fully saturated rings. The topological polar surface area (TPSA) is 71.3 Å². The number of likely N-dealkylation sites (N-methyl/N-ethyl adjacent to an activating group) is 1. The summed E-state index contributed by atoms with van der Waals surface area (Å²) in [6.07, 6.45) is 3.80. The normalized spacial score (nSPS) is 14.2. The van der Waals surface area contributed by atoms with Crippen LogP contribution < -0.4 is 10.5 Å². The summed E-state index contributed by atoms with van der Waals surface area (Å²) < 4.78 is 1.13. The summed E-state index contributed by atoms with van der Waals surface area (Å²) in [6, 6.07) is 15.4. The molecule has 2 aromatic carbocycles. The molecule has 0 N–H and O–H groups in total. The maximum atomic E-state index is 12.6. The van der Waals surface area contributed by atoms with Crippen LogP contribution in [-0.4, -0.2) is 45.9 Å². The van der Waals surface area contributed by atoms with Crippen molar-refractivity contribution in [1.29, 1.82) is 0 Å². The van der Waals surface area contributed by atoms with Gasteiger partial charge in [-0.05, 0) is 49.1 Å². The Hall–Kier alpha value is -3.22. The van der Waals surface area contributed by atoms with Crippen molar-refractivity contribution in [3.05, 3.63) is 64.4 Å². The molecular weight excluding hydrogens is 366 g/mol. The van der Waals surface area contributed by atoms with Crippen LogP contribution in [-0.2, 0) is 17.9 Å². The van der Waals surface area contributed by atoms with E-state index in [9.17, 15) is 9.59 Å². The van der Waals surface area contributed by atoms with Crippen molar-refractivity contribution in [2.75, 3.05) is 25.0 Å². The highest BCUT2D eigenvalue weighted by atomic mass is 16.2. The van der Waals surface area contributed by atoms with E-state index < -0.39 is 0 Å². The van der Waals surface area contributed by atoms with Gasteiger partial charge in [0.1, 0.15) is 12.1 Å². The molecule has 29 heavy (non-hydrogen) atoms. The van der Waals surface area contributed by atoms with Crippen molar-refractivity contribution in [3.8, 4) is 0 Å². The molecule has 3 aromatic rings. The van der Waals surface area contributed by atoms with Crippen molar-refractivity contribution in [3.63, 3.8) is 0 Å². The molecule has 0 saturated carbocycles. The minimum absolute atomic E-state index is 0.126. The van der Waals surface area contributed by atoms with E-state index in [1.165, 1.54) is 24.9 Å². The zero-order valence-electron chi connectivity index (χ0n) is 16.6. The number of rotatable bonds is 5. The Labute approximate surface area is 169 Å². The molecular formula is C22H25N5O2. The number of hydrogen-bond donors (Lipinski definition) is 0. The second kappa shape index (κ2) is 8.43. The number of piperidine rings is 1. The van der Waals surface area contributed by atoms with Crippen LogP contribution in [0.2, 0.25) is 0 Å². The lowest BCUT2D eigenvalue weighted by atomic mass is 10.1. The number of hydrogen-bond acceptors (Lipinski definition) is 5. The van der Waals surface area contributed by atoms with E-state index in [4.69, 9.17) is 0 Å². The third-order valence-electron chi connectivity index (χ3n) is 5.42. The van der Waals surface area contributed by atoms with Crippen molar-refractivity contribution >= 4 is 22.5 Å². The van der Waals surface area contributed by atoms with Gasteiger partial charge in [0, 0.05) is 32.4 Å². The Balaban J connectivity index is 1.41. The summed E-state index contributed by atoms with van der Waals surface area (Å²) in [5.41, 5.74) is 2.52. The molecule has 7 heteroatoms. The minimum Gasteiger partial charge on any atom is -0.372 e. The number of amides is 1. The Morgan fingerprint density at radius 3 is 2.52 bits per heavy atom. The fourth-order valence-electron chi connectivity index (χ4n) is 3.70. The Morgan fingerprint density at radius 1 is 1.03 bits per heavy atom. The van der Waals surface area contributed by atoms with E-state index in [1.54, 1.807) is 36.2 Å². The van der Waals surface area contributed by atoms with E-state index in [-0.39, 0.29) is 18.0 Å². The molecule has 1 saturated heterocycles. The summed E-state index contributed by atoms with van der Waals surface area (Å²) in [5, 5.41) is 8.39. The van der Waals surface area contributed by atoms with E-state index in [1.807, 2.05) is 0 Å². The predicted molar refractivity (Wildman–Crippen MR) is 113 cm³/mol. The van der Waals surface area contributed by atoms with Gasteiger partial charge >= 0.3 is 0 Å². The molecule has 1 amide bonds. The third kappa shape index (κ3) is 4.29. The minimum atomic E-state index is -0.303. The number of fused-ring (bicyclic) bond motifs is 1. The van der Waals surface area contributed by atoms with Crippen LogP contribution in [0.1, 0.15) is 24.8 Å². The lowest BCUT2D eigenvalue weighted by molar-refractivity contribution is -0.131. The van der Waals surface area contributed by atoms with Crippen LogP contribution in [0.3, 0.4) is 0 Å². The van der Waals surface area contributed by atoms with Crippen LogP contribution in [0.15, 0.2) is 53.3 Å². The molecule has 1 aliphatic heterocycles. The monoisotopic (exact) mass is 391 g/mol. The summed E-state index contributed by atoms with van der Waals surface area (Å²) in [6.45, 7) is 2.58. The largest absolute Gasteiger partial charge is 0.372 e. The number of aromatic nitrogens is 3. The zero-order valence-corrected chi connectivity index (χ0v) is 16.6. The summed E-state index contributed by atoms with van der Waals surface area (Å²) >= 11 is 0. The lowest BCUT2D eigenvalue weighted by Crippen LogP contribution is -2.35. The number of carbonyl (C=O) groups is 1. The predicted octanol–water partition coefficient (Wildman–Crippen LogP) is 2.44. The molecule has 0 atom stereocenters. The molecule has 4 rings (SSSR count). The van der Waals surface area contributed by atoms with E-state index in [0.717, 1.165) is 23.3 Å². The van der Waals surface area contributed by atoms with Crippen molar-refractivity contribution in [1.82, 2.24) is 19.9 Å². The molecule has 0 radical (unpaired) electrons. The molecule has 7 nitrogen and oxygen atoms in total. The number of anilines is 1. The van der Waals surface area contributed by atoms with Crippen LogP contribution >= 0.6 is 0 Å². The van der Waals surface area contributed by atoms with E-state index >= 15 is 0 Å². The fraction of sp³-hybridized carbons (Fsp3) is 0.364. The first-order valence-corrected chi connectivity index (χ1v) is 10.0. The Bertz CT molecular complexity index is 1050. The maximum Gasteiger partial charge on any atom is 0.278 e. The smallest absolute Gasteiger partial charge is 0.278 e. The standard InChI is InChI=1S/C22H25N5O2/c1-25(15-17-9-11-18(12-10-17)26-13-5-2-6-14-26)21(28)16-27-22(29)19-7-3-4-8-20(19)23-24-27/h3-4,7-12H,2,5-6,13-16H2,1H3. The third-order valence-corrected chi connectivity index (χ3v) is 5.42. The van der Waals surface area contributed by atoms with Gasteiger partial charge < -0.3 is 9.80 Å². The summed E-state index contributed by atoms with van der Waals surface area (Å²) in [7, 11) is 1.74. The van der Waals surface area contributed by atoms with Crippen molar-refractivity contribution < 1.29 is 4.79 Å². The first kappa shape index (κ1) is 19.1. The highest BCUT2D eigenvalue weighted by molar-refractivity contribution is 5.78. The second-order valence-corrected chi connectivity index (χ2v) is 7.53. The van der Waals surface area contributed by atoms with E-state index in [2.05, 4.69) is 39.5 Å².